The van der Waals surface area contributed by atoms with Crippen LogP contribution >= 0.6 is 0 Å². The largest absolute Gasteiger partial charge is 0.462 e. The lowest BCUT2D eigenvalue weighted by Crippen LogP contribution is -2.30. The Labute approximate surface area is 426 Å². The second-order valence-electron chi connectivity index (χ2n) is 19.2. The first-order valence-corrected chi connectivity index (χ1v) is 29.1. The lowest BCUT2D eigenvalue weighted by atomic mass is 10.0. The number of unbranched alkanes of at least 4 members (excludes halogenated alkanes) is 28. The summed E-state index contributed by atoms with van der Waals surface area (Å²) in [5, 5.41) is 0. The lowest BCUT2D eigenvalue weighted by molar-refractivity contribution is -0.166. The Morgan fingerprint density at radius 1 is 0.319 bits per heavy atom. The minimum absolute atomic E-state index is 0.109. The van der Waals surface area contributed by atoms with E-state index in [9.17, 15) is 14.4 Å². The fraction of sp³-hybridized carbons (Fsp3) is 0.730. The van der Waals surface area contributed by atoms with Crippen LogP contribution in [0, 0.1) is 0 Å². The van der Waals surface area contributed by atoms with Crippen LogP contribution in [0.5, 0.6) is 0 Å². The third kappa shape index (κ3) is 55.4. The van der Waals surface area contributed by atoms with Gasteiger partial charge >= 0.3 is 17.9 Å². The van der Waals surface area contributed by atoms with Gasteiger partial charge in [0.25, 0.3) is 0 Å². The summed E-state index contributed by atoms with van der Waals surface area (Å²) in [4.78, 5) is 38.1. The zero-order chi connectivity index (χ0) is 50.0. The predicted molar refractivity (Wildman–Crippen MR) is 297 cm³/mol. The van der Waals surface area contributed by atoms with Crippen molar-refractivity contribution in [3.05, 3.63) is 85.1 Å². The van der Waals surface area contributed by atoms with E-state index in [1.807, 2.05) is 6.08 Å². The van der Waals surface area contributed by atoms with Crippen molar-refractivity contribution < 1.29 is 28.6 Å². The number of hydrogen-bond donors (Lipinski definition) is 0. The molecule has 0 rings (SSSR count). The maximum atomic E-state index is 12.9. The number of rotatable bonds is 52. The van der Waals surface area contributed by atoms with Gasteiger partial charge in [0.1, 0.15) is 13.2 Å². The van der Waals surface area contributed by atoms with Crippen molar-refractivity contribution in [1.82, 2.24) is 0 Å². The summed E-state index contributed by atoms with van der Waals surface area (Å²) in [6.45, 7) is 6.44. The number of ether oxygens (including phenoxy) is 3. The van der Waals surface area contributed by atoms with Crippen LogP contribution in [-0.2, 0) is 28.6 Å². The molecule has 0 aromatic carbocycles. The van der Waals surface area contributed by atoms with Crippen LogP contribution in [0.1, 0.15) is 278 Å². The number of allylic oxidation sites excluding steroid dienone is 13. The molecule has 0 saturated carbocycles. The molecule has 0 saturated heterocycles. The Morgan fingerprint density at radius 2 is 0.623 bits per heavy atom. The molecule has 0 bridgehead atoms. The van der Waals surface area contributed by atoms with E-state index in [0.29, 0.717) is 12.8 Å². The van der Waals surface area contributed by atoms with E-state index in [0.717, 1.165) is 83.5 Å². The first-order chi connectivity index (χ1) is 34.0. The second kappa shape index (κ2) is 57.2. The molecule has 0 heterocycles. The zero-order valence-corrected chi connectivity index (χ0v) is 45.3. The minimum atomic E-state index is -0.819. The van der Waals surface area contributed by atoms with Crippen LogP contribution < -0.4 is 0 Å². The van der Waals surface area contributed by atoms with Crippen molar-refractivity contribution in [2.45, 2.75) is 284 Å². The Bertz CT molecular complexity index is 1330. The highest BCUT2D eigenvalue weighted by molar-refractivity contribution is 5.72. The monoisotopic (exact) mass is 961 g/mol. The first kappa shape index (κ1) is 65.6. The molecule has 6 heteroatoms. The Kier molecular flexibility index (Phi) is 54.3. The van der Waals surface area contributed by atoms with Gasteiger partial charge in [0.2, 0.25) is 0 Å². The van der Waals surface area contributed by atoms with Gasteiger partial charge in [-0.25, -0.2) is 0 Å². The van der Waals surface area contributed by atoms with Crippen LogP contribution in [0.3, 0.4) is 0 Å². The summed E-state index contributed by atoms with van der Waals surface area (Å²) >= 11 is 0. The van der Waals surface area contributed by atoms with Crippen LogP contribution in [0.25, 0.3) is 0 Å². The third-order valence-corrected chi connectivity index (χ3v) is 12.4. The summed E-state index contributed by atoms with van der Waals surface area (Å²) in [7, 11) is 0. The van der Waals surface area contributed by atoms with Crippen molar-refractivity contribution in [2.24, 2.45) is 0 Å². The molecule has 1 atom stereocenters. The van der Waals surface area contributed by atoms with E-state index in [1.165, 1.54) is 154 Å². The van der Waals surface area contributed by atoms with Gasteiger partial charge in [-0.05, 0) is 77.0 Å². The minimum Gasteiger partial charge on any atom is -0.462 e. The van der Waals surface area contributed by atoms with Crippen molar-refractivity contribution >= 4 is 17.9 Å². The van der Waals surface area contributed by atoms with E-state index >= 15 is 0 Å². The van der Waals surface area contributed by atoms with Gasteiger partial charge in [-0.2, -0.15) is 0 Å². The van der Waals surface area contributed by atoms with Crippen LogP contribution in [0.15, 0.2) is 85.1 Å². The van der Waals surface area contributed by atoms with Crippen molar-refractivity contribution in [1.29, 1.82) is 0 Å². The predicted octanol–water partition coefficient (Wildman–Crippen LogP) is 19.5. The molecule has 0 aliphatic carbocycles. The molecular weight excluding hydrogens is 853 g/mol. The fourth-order valence-electron chi connectivity index (χ4n) is 8.08. The number of hydrogen-bond acceptors (Lipinski definition) is 6. The first-order valence-electron chi connectivity index (χ1n) is 29.1. The van der Waals surface area contributed by atoms with E-state index in [-0.39, 0.29) is 31.6 Å². The molecular formula is C63H108O6. The molecule has 396 valence electrons. The zero-order valence-electron chi connectivity index (χ0n) is 45.3. The maximum Gasteiger partial charge on any atom is 0.309 e. The summed E-state index contributed by atoms with van der Waals surface area (Å²) in [5.41, 5.74) is 0. The molecule has 0 aromatic rings. The van der Waals surface area contributed by atoms with Gasteiger partial charge in [-0.3, -0.25) is 14.4 Å². The Morgan fingerprint density at radius 3 is 1.03 bits per heavy atom. The molecule has 0 N–H and O–H groups in total. The van der Waals surface area contributed by atoms with Crippen LogP contribution in [0.4, 0.5) is 0 Å². The van der Waals surface area contributed by atoms with Gasteiger partial charge in [0.15, 0.2) is 6.10 Å². The summed E-state index contributed by atoms with van der Waals surface area (Å²) in [6, 6.07) is 0. The number of carbonyl (C=O) groups is 3. The highest BCUT2D eigenvalue weighted by atomic mass is 16.6. The molecule has 0 aromatic heterocycles. The SMILES string of the molecule is CC/C=C\C/C=C\C/C=C\C/C=C\C/C=C\CC(=O)OCC(COC(=O)CCCCCCCCC/C=C\C/C=C\CCCCCC)OC(=O)CCCCCCCCCCCCCCCCCCCC. The van der Waals surface area contributed by atoms with Gasteiger partial charge in [-0.15, -0.1) is 0 Å². The quantitative estimate of drug-likeness (QED) is 0.0262. The van der Waals surface area contributed by atoms with E-state index in [2.05, 4.69) is 93.7 Å². The van der Waals surface area contributed by atoms with Gasteiger partial charge in [-0.1, -0.05) is 266 Å². The average molecular weight is 962 g/mol. The standard InChI is InChI=1S/C63H108O6/c1-4-7-10-13-16-19-22-25-28-30-32-35-38-41-44-47-50-53-56-62(65)68-59-60(58-67-61(64)55-52-49-46-43-40-37-34-27-24-21-18-15-12-9-6-3)69-63(66)57-54-51-48-45-42-39-36-33-31-29-26-23-20-17-14-11-8-5-2/h9,12,18-19,21-22,27-28,30,34,40,43,49,52,60H,4-8,10-11,13-17,20,23-26,29,31-33,35-39,41-42,44-48,50-51,53-59H2,1-3H3/b12-9-,21-18-,22-19-,30-28-,34-27-,43-40-,52-49-. The maximum absolute atomic E-state index is 12.9. The van der Waals surface area contributed by atoms with Crippen molar-refractivity contribution in [3.8, 4) is 0 Å². The fourth-order valence-corrected chi connectivity index (χ4v) is 8.08. The highest BCUT2D eigenvalue weighted by Crippen LogP contribution is 2.16. The molecule has 6 nitrogen and oxygen atoms in total. The molecule has 69 heavy (non-hydrogen) atoms. The Hall–Kier alpha value is -3.41. The van der Waals surface area contributed by atoms with Gasteiger partial charge in [0.05, 0.1) is 6.42 Å². The lowest BCUT2D eigenvalue weighted by Gasteiger charge is -2.18. The smallest absolute Gasteiger partial charge is 0.309 e. The molecule has 0 aliphatic heterocycles. The number of carbonyl (C=O) groups excluding carboxylic acids is 3. The second-order valence-corrected chi connectivity index (χ2v) is 19.2. The molecule has 0 spiro atoms. The van der Waals surface area contributed by atoms with E-state index in [1.54, 1.807) is 6.08 Å². The third-order valence-electron chi connectivity index (χ3n) is 12.4. The summed E-state index contributed by atoms with van der Waals surface area (Å²) in [5.74, 6) is -1.04. The van der Waals surface area contributed by atoms with E-state index in [4.69, 9.17) is 14.2 Å². The average Bonchev–Trinajstić information content (AvgIpc) is 3.35. The summed E-state index contributed by atoms with van der Waals surface area (Å²) < 4.78 is 16.8. The molecule has 1 unspecified atom stereocenters. The molecule has 0 radical (unpaired) electrons. The van der Waals surface area contributed by atoms with Crippen molar-refractivity contribution in [2.75, 3.05) is 13.2 Å². The molecule has 0 amide bonds. The highest BCUT2D eigenvalue weighted by Gasteiger charge is 2.19. The molecule has 0 aliphatic rings. The Balaban J connectivity index is 4.47. The normalized spacial score (nSPS) is 12.7. The van der Waals surface area contributed by atoms with Gasteiger partial charge < -0.3 is 14.2 Å². The topological polar surface area (TPSA) is 78.9 Å². The van der Waals surface area contributed by atoms with Crippen molar-refractivity contribution in [3.63, 3.8) is 0 Å². The summed E-state index contributed by atoms with van der Waals surface area (Å²) in [6.07, 6.45) is 74.6. The van der Waals surface area contributed by atoms with Gasteiger partial charge in [0, 0.05) is 12.8 Å². The van der Waals surface area contributed by atoms with Crippen LogP contribution in [-0.4, -0.2) is 37.2 Å². The molecule has 0 fully saturated rings. The van der Waals surface area contributed by atoms with E-state index < -0.39 is 12.1 Å². The van der Waals surface area contributed by atoms with Crippen LogP contribution in [0.2, 0.25) is 0 Å². The number of esters is 3.